The van der Waals surface area contributed by atoms with Crippen molar-refractivity contribution >= 4 is 26.6 Å². The van der Waals surface area contributed by atoms with Crippen LogP contribution in [0.4, 0.5) is 5.82 Å². The lowest BCUT2D eigenvalue weighted by Crippen LogP contribution is -2.24. The van der Waals surface area contributed by atoms with E-state index in [9.17, 15) is 8.42 Å². The molecular formula is C23H28N4O2S. The second-order valence-electron chi connectivity index (χ2n) is 8.04. The molecule has 0 aliphatic carbocycles. The first-order valence-electron chi connectivity index (χ1n) is 10.5. The molecule has 0 bridgehead atoms. The Balaban J connectivity index is 1.50. The zero-order valence-corrected chi connectivity index (χ0v) is 18.2. The van der Waals surface area contributed by atoms with Gasteiger partial charge < -0.3 is 5.32 Å². The van der Waals surface area contributed by atoms with Gasteiger partial charge in [0.25, 0.3) is 0 Å². The van der Waals surface area contributed by atoms with E-state index in [-0.39, 0.29) is 4.90 Å². The van der Waals surface area contributed by atoms with Crippen molar-refractivity contribution in [3.8, 4) is 0 Å². The summed E-state index contributed by atoms with van der Waals surface area (Å²) in [5.74, 6) is 0.642. The van der Waals surface area contributed by atoms with Crippen molar-refractivity contribution in [1.82, 2.24) is 14.9 Å². The molecule has 30 heavy (non-hydrogen) atoms. The summed E-state index contributed by atoms with van der Waals surface area (Å²) in [5.41, 5.74) is 3.21. The average Bonchev–Trinajstić information content (AvgIpc) is 3.00. The summed E-state index contributed by atoms with van der Waals surface area (Å²) in [5, 5.41) is 4.07. The van der Waals surface area contributed by atoms with E-state index in [1.807, 2.05) is 0 Å². The van der Waals surface area contributed by atoms with Crippen molar-refractivity contribution in [2.75, 3.05) is 24.7 Å². The van der Waals surface area contributed by atoms with E-state index < -0.39 is 9.84 Å². The summed E-state index contributed by atoms with van der Waals surface area (Å²) in [6.07, 6.45) is 7.97. The smallest absolute Gasteiger partial charge is 0.175 e. The standard InChI is InChI=1S/C23H28N4O2S/c1-30(28,29)20-9-10-22-21(14-20)23(26-17-25-22)24-15-18-7-6-8-19(13-18)16-27-11-4-2-3-5-12-27/h6-10,13-14,17H,2-5,11-12,15-16H2,1H3,(H,24,25,26). The van der Waals surface area contributed by atoms with Gasteiger partial charge in [0, 0.05) is 24.7 Å². The van der Waals surface area contributed by atoms with Crippen molar-refractivity contribution in [1.29, 1.82) is 0 Å². The van der Waals surface area contributed by atoms with Crippen LogP contribution >= 0.6 is 0 Å². The number of likely N-dealkylation sites (tertiary alicyclic amines) is 1. The first kappa shape index (κ1) is 20.8. The monoisotopic (exact) mass is 424 g/mol. The minimum Gasteiger partial charge on any atom is -0.365 e. The van der Waals surface area contributed by atoms with Crippen LogP contribution in [0.1, 0.15) is 36.8 Å². The molecule has 1 saturated heterocycles. The number of aromatic nitrogens is 2. The molecule has 0 saturated carbocycles. The number of nitrogens with zero attached hydrogens (tertiary/aromatic N) is 3. The van der Waals surface area contributed by atoms with Crippen LogP contribution in [0.2, 0.25) is 0 Å². The van der Waals surface area contributed by atoms with Gasteiger partial charge in [-0.25, -0.2) is 18.4 Å². The van der Waals surface area contributed by atoms with Gasteiger partial charge in [-0.15, -0.1) is 0 Å². The maximum Gasteiger partial charge on any atom is 0.175 e. The first-order valence-corrected chi connectivity index (χ1v) is 12.4. The summed E-state index contributed by atoms with van der Waals surface area (Å²) in [4.78, 5) is 11.4. The quantitative estimate of drug-likeness (QED) is 0.644. The highest BCUT2D eigenvalue weighted by atomic mass is 32.2. The van der Waals surface area contributed by atoms with E-state index in [0.717, 1.165) is 12.1 Å². The Kier molecular flexibility index (Phi) is 6.29. The highest BCUT2D eigenvalue weighted by molar-refractivity contribution is 7.90. The van der Waals surface area contributed by atoms with Gasteiger partial charge in [0.15, 0.2) is 9.84 Å². The summed E-state index contributed by atoms with van der Waals surface area (Å²) in [6, 6.07) is 13.6. The molecular weight excluding hydrogens is 396 g/mol. The Bertz CT molecular complexity index is 1120. The topological polar surface area (TPSA) is 75.2 Å². The summed E-state index contributed by atoms with van der Waals surface area (Å²) in [7, 11) is -3.29. The molecule has 4 rings (SSSR count). The minimum atomic E-state index is -3.29. The van der Waals surface area contributed by atoms with Crippen LogP contribution < -0.4 is 5.32 Å². The summed E-state index contributed by atoms with van der Waals surface area (Å²) >= 11 is 0. The lowest BCUT2D eigenvalue weighted by molar-refractivity contribution is 0.277. The molecule has 1 aliphatic rings. The van der Waals surface area contributed by atoms with Gasteiger partial charge in [-0.1, -0.05) is 37.1 Å². The molecule has 1 aliphatic heterocycles. The third kappa shape index (κ3) is 5.15. The highest BCUT2D eigenvalue weighted by Gasteiger charge is 2.12. The van der Waals surface area contributed by atoms with Gasteiger partial charge in [0.05, 0.1) is 10.4 Å². The third-order valence-corrected chi connectivity index (χ3v) is 6.70. The second kappa shape index (κ2) is 9.10. The number of rotatable bonds is 6. The Morgan fingerprint density at radius 1 is 0.967 bits per heavy atom. The van der Waals surface area contributed by atoms with Crippen molar-refractivity contribution < 1.29 is 8.42 Å². The molecule has 7 heteroatoms. The molecule has 0 spiro atoms. The molecule has 0 amide bonds. The SMILES string of the molecule is CS(=O)(=O)c1ccc2ncnc(NCc3cccc(CN4CCCCCC4)c3)c2c1. The summed E-state index contributed by atoms with van der Waals surface area (Å²) < 4.78 is 23.8. The van der Waals surface area contributed by atoms with Gasteiger partial charge in [-0.05, 0) is 55.3 Å². The van der Waals surface area contributed by atoms with E-state index in [1.165, 1.54) is 62.5 Å². The zero-order valence-electron chi connectivity index (χ0n) is 17.3. The Hall–Kier alpha value is -2.51. The average molecular weight is 425 g/mol. The van der Waals surface area contributed by atoms with Crippen LogP contribution in [0, 0.1) is 0 Å². The van der Waals surface area contributed by atoms with Crippen LogP contribution in [0.5, 0.6) is 0 Å². The van der Waals surface area contributed by atoms with Crippen molar-refractivity contribution in [3.63, 3.8) is 0 Å². The predicted octanol–water partition coefficient (Wildman–Crippen LogP) is 4.02. The first-order chi connectivity index (χ1) is 14.5. The molecule has 0 radical (unpaired) electrons. The number of nitrogens with one attached hydrogen (secondary N) is 1. The number of hydrogen-bond donors (Lipinski definition) is 1. The van der Waals surface area contributed by atoms with Crippen LogP contribution in [0.3, 0.4) is 0 Å². The molecule has 158 valence electrons. The number of hydrogen-bond acceptors (Lipinski definition) is 6. The molecule has 3 aromatic rings. The van der Waals surface area contributed by atoms with Crippen LogP contribution in [-0.4, -0.2) is 42.6 Å². The highest BCUT2D eigenvalue weighted by Crippen LogP contribution is 2.23. The zero-order chi connectivity index (χ0) is 21.0. The van der Waals surface area contributed by atoms with Crippen molar-refractivity contribution in [3.05, 3.63) is 59.9 Å². The van der Waals surface area contributed by atoms with E-state index in [0.29, 0.717) is 17.7 Å². The Morgan fingerprint density at radius 2 is 1.73 bits per heavy atom. The van der Waals surface area contributed by atoms with Crippen LogP contribution in [0.15, 0.2) is 53.7 Å². The summed E-state index contributed by atoms with van der Waals surface area (Å²) in [6.45, 7) is 3.96. The predicted molar refractivity (Wildman–Crippen MR) is 120 cm³/mol. The number of fused-ring (bicyclic) bond motifs is 1. The molecule has 0 unspecified atom stereocenters. The van der Waals surface area contributed by atoms with E-state index in [2.05, 4.69) is 44.5 Å². The normalized spacial score (nSPS) is 15.8. The Morgan fingerprint density at radius 3 is 2.50 bits per heavy atom. The lowest BCUT2D eigenvalue weighted by atomic mass is 10.1. The fourth-order valence-corrected chi connectivity index (χ4v) is 4.63. The largest absolute Gasteiger partial charge is 0.365 e. The minimum absolute atomic E-state index is 0.271. The van der Waals surface area contributed by atoms with Gasteiger partial charge in [0.1, 0.15) is 12.1 Å². The maximum absolute atomic E-state index is 11.9. The molecule has 1 N–H and O–H groups in total. The second-order valence-corrected chi connectivity index (χ2v) is 10.1. The van der Waals surface area contributed by atoms with Crippen molar-refractivity contribution in [2.24, 2.45) is 0 Å². The fraction of sp³-hybridized carbons (Fsp3) is 0.391. The molecule has 0 atom stereocenters. The van der Waals surface area contributed by atoms with Gasteiger partial charge in [-0.2, -0.15) is 0 Å². The number of anilines is 1. The molecule has 1 aromatic heterocycles. The number of benzene rings is 2. The van der Waals surface area contributed by atoms with E-state index >= 15 is 0 Å². The van der Waals surface area contributed by atoms with E-state index in [1.54, 1.807) is 18.2 Å². The fourth-order valence-electron chi connectivity index (χ4n) is 3.98. The van der Waals surface area contributed by atoms with Gasteiger partial charge in [-0.3, -0.25) is 4.90 Å². The van der Waals surface area contributed by atoms with Gasteiger partial charge in [0.2, 0.25) is 0 Å². The van der Waals surface area contributed by atoms with E-state index in [4.69, 9.17) is 0 Å². The van der Waals surface area contributed by atoms with Crippen molar-refractivity contribution in [2.45, 2.75) is 43.7 Å². The molecule has 1 fully saturated rings. The maximum atomic E-state index is 11.9. The Labute approximate surface area is 178 Å². The van der Waals surface area contributed by atoms with Crippen LogP contribution in [0.25, 0.3) is 10.9 Å². The molecule has 2 heterocycles. The number of sulfone groups is 1. The molecule has 2 aromatic carbocycles. The molecule has 6 nitrogen and oxygen atoms in total. The lowest BCUT2D eigenvalue weighted by Gasteiger charge is -2.20. The van der Waals surface area contributed by atoms with Gasteiger partial charge >= 0.3 is 0 Å². The van der Waals surface area contributed by atoms with Crippen LogP contribution in [-0.2, 0) is 22.9 Å². The third-order valence-electron chi connectivity index (χ3n) is 5.59.